The molecular weight excluding hydrogens is 186 g/mol. The lowest BCUT2D eigenvalue weighted by Gasteiger charge is -2.33. The molecule has 0 spiro atoms. The third-order valence-electron chi connectivity index (χ3n) is 2.96. The van der Waals surface area contributed by atoms with Crippen LogP contribution in [0.3, 0.4) is 0 Å². The van der Waals surface area contributed by atoms with Gasteiger partial charge >= 0.3 is 0 Å². The van der Waals surface area contributed by atoms with E-state index in [2.05, 4.69) is 22.0 Å². The molecule has 3 heteroatoms. The number of aromatic nitrogens is 1. The summed E-state index contributed by atoms with van der Waals surface area (Å²) in [5, 5.41) is 8.78. The second kappa shape index (κ2) is 4.90. The average Bonchev–Trinajstić information content (AvgIpc) is 2.31. The van der Waals surface area contributed by atoms with Gasteiger partial charge in [0.2, 0.25) is 0 Å². The van der Waals surface area contributed by atoms with Gasteiger partial charge in [0.05, 0.1) is 12.6 Å². The number of rotatable bonds is 2. The van der Waals surface area contributed by atoms with Crippen molar-refractivity contribution in [2.75, 3.05) is 13.1 Å². The van der Waals surface area contributed by atoms with Gasteiger partial charge in [0, 0.05) is 18.4 Å². The van der Waals surface area contributed by atoms with Crippen LogP contribution < -0.4 is 0 Å². The van der Waals surface area contributed by atoms with Gasteiger partial charge in [-0.25, -0.2) is 0 Å². The molecule has 0 saturated carbocycles. The first-order valence-electron chi connectivity index (χ1n) is 5.43. The molecule has 1 aromatic heterocycles. The van der Waals surface area contributed by atoms with Crippen LogP contribution in [0.1, 0.15) is 30.9 Å². The minimum Gasteiger partial charge on any atom is -0.283 e. The molecule has 0 amide bonds. The van der Waals surface area contributed by atoms with Gasteiger partial charge in [-0.1, -0.05) is 12.5 Å². The van der Waals surface area contributed by atoms with E-state index in [-0.39, 0.29) is 0 Å². The molecule has 1 atom stereocenters. The third-order valence-corrected chi connectivity index (χ3v) is 2.96. The van der Waals surface area contributed by atoms with Gasteiger partial charge in [-0.15, -0.1) is 0 Å². The minimum atomic E-state index is 0.395. The first-order chi connectivity index (χ1) is 7.42. The van der Waals surface area contributed by atoms with Crippen LogP contribution in [0.5, 0.6) is 0 Å². The summed E-state index contributed by atoms with van der Waals surface area (Å²) in [5.74, 6) is 0. The van der Waals surface area contributed by atoms with Crippen LogP contribution in [0.25, 0.3) is 0 Å². The van der Waals surface area contributed by atoms with Crippen molar-refractivity contribution in [3.63, 3.8) is 0 Å². The Morgan fingerprint density at radius 2 is 2.47 bits per heavy atom. The summed E-state index contributed by atoms with van der Waals surface area (Å²) in [4.78, 5) is 6.40. The molecular formula is C12H15N3. The summed E-state index contributed by atoms with van der Waals surface area (Å²) in [5.41, 5.74) is 1.24. The van der Waals surface area contributed by atoms with E-state index < -0.39 is 0 Å². The molecule has 0 aliphatic carbocycles. The number of piperidine rings is 1. The number of likely N-dealkylation sites (tertiary alicyclic amines) is 1. The second-order valence-corrected chi connectivity index (χ2v) is 3.93. The maximum Gasteiger partial charge on any atom is 0.0871 e. The summed E-state index contributed by atoms with van der Waals surface area (Å²) in [6, 6.07) is 6.71. The summed E-state index contributed by atoms with van der Waals surface area (Å²) in [6.07, 6.45) is 7.31. The molecule has 1 unspecified atom stereocenters. The lowest BCUT2D eigenvalue weighted by molar-refractivity contribution is 0.168. The van der Waals surface area contributed by atoms with Crippen molar-refractivity contribution in [3.05, 3.63) is 30.1 Å². The average molecular weight is 201 g/mol. The SMILES string of the molecule is N#CCN1CCCCC1c1cccnc1. The molecule has 1 aliphatic heterocycles. The Hall–Kier alpha value is -1.40. The molecule has 0 N–H and O–H groups in total. The van der Waals surface area contributed by atoms with Gasteiger partial charge in [0.15, 0.2) is 0 Å². The molecule has 2 heterocycles. The first-order valence-corrected chi connectivity index (χ1v) is 5.43. The molecule has 0 aromatic carbocycles. The first kappa shape index (κ1) is 10.1. The van der Waals surface area contributed by atoms with Gasteiger partial charge in [-0.3, -0.25) is 9.88 Å². The zero-order chi connectivity index (χ0) is 10.5. The van der Waals surface area contributed by atoms with Gasteiger partial charge in [-0.05, 0) is 31.0 Å². The Balaban J connectivity index is 2.15. The van der Waals surface area contributed by atoms with Crippen LogP contribution in [-0.4, -0.2) is 23.0 Å². The van der Waals surface area contributed by atoms with Crippen molar-refractivity contribution < 1.29 is 0 Å². The fourth-order valence-electron chi connectivity index (χ4n) is 2.22. The molecule has 1 aromatic rings. The summed E-state index contributed by atoms with van der Waals surface area (Å²) >= 11 is 0. The highest BCUT2D eigenvalue weighted by atomic mass is 15.2. The highest BCUT2D eigenvalue weighted by Gasteiger charge is 2.23. The summed E-state index contributed by atoms with van der Waals surface area (Å²) in [7, 11) is 0. The fraction of sp³-hybridized carbons (Fsp3) is 0.500. The Morgan fingerprint density at radius 1 is 1.53 bits per heavy atom. The van der Waals surface area contributed by atoms with Crippen molar-refractivity contribution in [1.29, 1.82) is 5.26 Å². The smallest absolute Gasteiger partial charge is 0.0871 e. The van der Waals surface area contributed by atoms with Crippen LogP contribution in [0, 0.1) is 11.3 Å². The maximum absolute atomic E-state index is 8.78. The Labute approximate surface area is 90.4 Å². The van der Waals surface area contributed by atoms with E-state index in [9.17, 15) is 0 Å². The van der Waals surface area contributed by atoms with Gasteiger partial charge in [-0.2, -0.15) is 5.26 Å². The molecule has 1 fully saturated rings. The van der Waals surface area contributed by atoms with Crippen molar-refractivity contribution in [2.24, 2.45) is 0 Å². The minimum absolute atomic E-state index is 0.395. The highest BCUT2D eigenvalue weighted by Crippen LogP contribution is 2.29. The lowest BCUT2D eigenvalue weighted by atomic mass is 9.96. The lowest BCUT2D eigenvalue weighted by Crippen LogP contribution is -2.33. The number of nitrogens with zero attached hydrogens (tertiary/aromatic N) is 3. The summed E-state index contributed by atoms with van der Waals surface area (Å²) in [6.45, 7) is 1.56. The second-order valence-electron chi connectivity index (χ2n) is 3.93. The van der Waals surface area contributed by atoms with Gasteiger partial charge in [0.25, 0.3) is 0 Å². The van der Waals surface area contributed by atoms with E-state index in [0.717, 1.165) is 13.0 Å². The van der Waals surface area contributed by atoms with E-state index in [1.165, 1.54) is 18.4 Å². The largest absolute Gasteiger partial charge is 0.283 e. The quantitative estimate of drug-likeness (QED) is 0.688. The molecule has 3 nitrogen and oxygen atoms in total. The Kier molecular flexibility index (Phi) is 3.31. The predicted octanol–water partition coefficient (Wildman–Crippen LogP) is 2.13. The number of nitriles is 1. The fourth-order valence-corrected chi connectivity index (χ4v) is 2.22. The van der Waals surface area contributed by atoms with Crippen molar-refractivity contribution in [1.82, 2.24) is 9.88 Å². The standard InChI is InChI=1S/C12H15N3/c13-6-9-15-8-2-1-5-12(15)11-4-3-7-14-10-11/h3-4,7,10,12H,1-2,5,8-9H2. The molecule has 1 saturated heterocycles. The zero-order valence-electron chi connectivity index (χ0n) is 8.76. The molecule has 1 aliphatic rings. The molecule has 0 bridgehead atoms. The topological polar surface area (TPSA) is 39.9 Å². The monoisotopic (exact) mass is 201 g/mol. The van der Waals surface area contributed by atoms with Crippen molar-refractivity contribution >= 4 is 0 Å². The van der Waals surface area contributed by atoms with E-state index in [4.69, 9.17) is 5.26 Å². The molecule has 2 rings (SSSR count). The van der Waals surface area contributed by atoms with Gasteiger partial charge < -0.3 is 0 Å². The van der Waals surface area contributed by atoms with Crippen LogP contribution in [-0.2, 0) is 0 Å². The Morgan fingerprint density at radius 3 is 3.20 bits per heavy atom. The van der Waals surface area contributed by atoms with Gasteiger partial charge in [0.1, 0.15) is 0 Å². The van der Waals surface area contributed by atoms with E-state index in [0.29, 0.717) is 12.6 Å². The van der Waals surface area contributed by atoms with Crippen LogP contribution >= 0.6 is 0 Å². The van der Waals surface area contributed by atoms with E-state index in [1.54, 1.807) is 6.20 Å². The number of hydrogen-bond acceptors (Lipinski definition) is 3. The molecule has 0 radical (unpaired) electrons. The normalized spacial score (nSPS) is 22.2. The van der Waals surface area contributed by atoms with Crippen LogP contribution in [0.4, 0.5) is 0 Å². The Bertz CT molecular complexity index is 342. The highest BCUT2D eigenvalue weighted by molar-refractivity contribution is 5.15. The molecule has 15 heavy (non-hydrogen) atoms. The molecule has 78 valence electrons. The van der Waals surface area contributed by atoms with E-state index >= 15 is 0 Å². The number of pyridine rings is 1. The zero-order valence-corrected chi connectivity index (χ0v) is 8.76. The predicted molar refractivity (Wildman–Crippen MR) is 58.0 cm³/mol. The number of hydrogen-bond donors (Lipinski definition) is 0. The van der Waals surface area contributed by atoms with Crippen molar-refractivity contribution in [2.45, 2.75) is 25.3 Å². The third kappa shape index (κ3) is 2.34. The summed E-state index contributed by atoms with van der Waals surface area (Å²) < 4.78 is 0. The van der Waals surface area contributed by atoms with Crippen LogP contribution in [0.15, 0.2) is 24.5 Å². The van der Waals surface area contributed by atoms with Crippen LogP contribution in [0.2, 0.25) is 0 Å². The van der Waals surface area contributed by atoms with Crippen molar-refractivity contribution in [3.8, 4) is 6.07 Å². The van der Waals surface area contributed by atoms with E-state index in [1.807, 2.05) is 12.3 Å². The maximum atomic E-state index is 8.78.